The zero-order valence-electron chi connectivity index (χ0n) is 21.2. The molecule has 6 heteroatoms. The van der Waals surface area contributed by atoms with Gasteiger partial charge < -0.3 is 20.6 Å². The Hall–Kier alpha value is -3.22. The van der Waals surface area contributed by atoms with E-state index in [-0.39, 0.29) is 0 Å². The second-order valence-electron chi connectivity index (χ2n) is 11.4. The van der Waals surface area contributed by atoms with Gasteiger partial charge in [-0.3, -0.25) is 0 Å². The van der Waals surface area contributed by atoms with E-state index in [9.17, 15) is 0 Å². The highest BCUT2D eigenvalue weighted by Crippen LogP contribution is 2.56. The van der Waals surface area contributed by atoms with Crippen molar-refractivity contribution in [2.75, 3.05) is 13.1 Å². The maximum absolute atomic E-state index is 5.06. The molecule has 4 aromatic rings. The highest BCUT2D eigenvalue weighted by molar-refractivity contribution is 5.79. The molecule has 4 N–H and O–H groups in total. The summed E-state index contributed by atoms with van der Waals surface area (Å²) in [6.45, 7) is 2.17. The predicted octanol–water partition coefficient (Wildman–Crippen LogP) is 6.03. The zero-order valence-corrected chi connectivity index (χ0v) is 21.2. The number of H-pyrrole nitrogens is 2. The molecule has 0 spiro atoms. The predicted molar refractivity (Wildman–Crippen MR) is 146 cm³/mol. The van der Waals surface area contributed by atoms with Gasteiger partial charge in [0.1, 0.15) is 11.6 Å². The maximum atomic E-state index is 5.06. The SMILES string of the molecule is c1cc(-c2ccc(-c3c[nH]c(C4CCCN4)n3)c3c2C2CCC2C3)ccc1-c1cnc(C2CCCN2)[nH]1. The largest absolute Gasteiger partial charge is 0.347 e. The molecule has 3 fully saturated rings. The molecule has 8 rings (SSSR count). The summed E-state index contributed by atoms with van der Waals surface area (Å²) in [5.41, 5.74) is 10.6. The number of hydrogen-bond donors (Lipinski definition) is 4. The summed E-state index contributed by atoms with van der Waals surface area (Å²) >= 11 is 0. The first-order valence-corrected chi connectivity index (χ1v) is 14.2. The molecule has 4 atom stereocenters. The van der Waals surface area contributed by atoms with Crippen LogP contribution in [0.5, 0.6) is 0 Å². The molecule has 2 aliphatic carbocycles. The molecule has 37 heavy (non-hydrogen) atoms. The highest BCUT2D eigenvalue weighted by Gasteiger charge is 2.42. The standard InChI is InChI=1S/C31H34N6/c1-3-25(32-13-1)30-34-16-27(36-30)19-7-5-18(6-8-19)21-11-12-23(24-15-20-9-10-22(20)29(21)24)28-17-35-31(37-28)26-4-2-14-33-26/h5-8,11-12,16-17,20,22,25-26,32-33H,1-4,9-10,13-15H2,(H,34,36)(H,35,37). The molecule has 4 heterocycles. The number of rotatable bonds is 5. The third kappa shape index (κ3) is 3.61. The van der Waals surface area contributed by atoms with Crippen LogP contribution in [0.3, 0.4) is 0 Å². The molecule has 0 bridgehead atoms. The van der Waals surface area contributed by atoms with Crippen molar-refractivity contribution >= 4 is 0 Å². The lowest BCUT2D eigenvalue weighted by Gasteiger charge is -2.31. The van der Waals surface area contributed by atoms with E-state index in [0.29, 0.717) is 18.0 Å². The summed E-state index contributed by atoms with van der Waals surface area (Å²) in [6.07, 6.45) is 12.7. The summed E-state index contributed by atoms with van der Waals surface area (Å²) in [5.74, 6) is 3.66. The van der Waals surface area contributed by atoms with E-state index < -0.39 is 0 Å². The lowest BCUT2D eigenvalue weighted by Crippen LogP contribution is -2.19. The summed E-state index contributed by atoms with van der Waals surface area (Å²) in [7, 11) is 0. The molecule has 1 saturated carbocycles. The van der Waals surface area contributed by atoms with Gasteiger partial charge in [0.25, 0.3) is 0 Å². The molecule has 6 nitrogen and oxygen atoms in total. The number of benzene rings is 2. The lowest BCUT2D eigenvalue weighted by molar-refractivity contribution is 0.281. The fourth-order valence-corrected chi connectivity index (χ4v) is 7.23. The van der Waals surface area contributed by atoms with Gasteiger partial charge >= 0.3 is 0 Å². The molecule has 4 unspecified atom stereocenters. The van der Waals surface area contributed by atoms with Crippen LogP contribution in [-0.2, 0) is 6.42 Å². The molecule has 4 aliphatic rings. The number of aromatic amines is 2. The van der Waals surface area contributed by atoms with E-state index in [0.717, 1.165) is 48.5 Å². The average molecular weight is 491 g/mol. The quantitative estimate of drug-likeness (QED) is 0.275. The van der Waals surface area contributed by atoms with Crippen LogP contribution < -0.4 is 10.6 Å². The molecule has 2 aromatic carbocycles. The van der Waals surface area contributed by atoms with Crippen molar-refractivity contribution in [3.63, 3.8) is 0 Å². The second-order valence-corrected chi connectivity index (χ2v) is 11.4. The van der Waals surface area contributed by atoms with E-state index in [1.54, 1.807) is 5.56 Å². The molecule has 0 amide bonds. The molecule has 2 saturated heterocycles. The van der Waals surface area contributed by atoms with Crippen LogP contribution in [0, 0.1) is 5.92 Å². The van der Waals surface area contributed by atoms with Crippen molar-refractivity contribution in [2.45, 2.75) is 62.9 Å². The Bertz CT molecular complexity index is 1430. The number of hydrogen-bond acceptors (Lipinski definition) is 4. The number of imidazole rings is 2. The van der Waals surface area contributed by atoms with Crippen molar-refractivity contribution in [3.8, 4) is 33.6 Å². The minimum Gasteiger partial charge on any atom is -0.347 e. The van der Waals surface area contributed by atoms with Crippen LogP contribution >= 0.6 is 0 Å². The van der Waals surface area contributed by atoms with Crippen molar-refractivity contribution in [1.29, 1.82) is 0 Å². The molecular formula is C31H34N6. The van der Waals surface area contributed by atoms with Crippen LogP contribution in [-0.4, -0.2) is 33.0 Å². The van der Waals surface area contributed by atoms with Crippen LogP contribution in [0.25, 0.3) is 33.6 Å². The Morgan fingerprint density at radius 3 is 2.24 bits per heavy atom. The minimum absolute atomic E-state index is 0.365. The van der Waals surface area contributed by atoms with Gasteiger partial charge in [-0.1, -0.05) is 36.4 Å². The van der Waals surface area contributed by atoms with Crippen LogP contribution in [0.2, 0.25) is 0 Å². The number of nitrogens with zero attached hydrogens (tertiary/aromatic N) is 2. The van der Waals surface area contributed by atoms with Gasteiger partial charge in [0, 0.05) is 11.8 Å². The smallest absolute Gasteiger partial charge is 0.124 e. The van der Waals surface area contributed by atoms with Crippen molar-refractivity contribution in [2.24, 2.45) is 5.92 Å². The Kier molecular flexibility index (Phi) is 5.12. The normalized spacial score (nSPS) is 26.3. The average Bonchev–Trinajstić information content (AvgIpc) is 3.74. The number of nitrogens with one attached hydrogen (secondary N) is 4. The lowest BCUT2D eigenvalue weighted by atomic mass is 9.73. The monoisotopic (exact) mass is 490 g/mol. The fourth-order valence-electron chi connectivity index (χ4n) is 7.23. The van der Waals surface area contributed by atoms with E-state index in [2.05, 4.69) is 68.2 Å². The first kappa shape index (κ1) is 21.8. The Labute approximate surface area is 217 Å². The summed E-state index contributed by atoms with van der Waals surface area (Å²) < 4.78 is 0. The van der Waals surface area contributed by atoms with Crippen LogP contribution in [0.1, 0.15) is 79.3 Å². The first-order chi connectivity index (χ1) is 18.3. The third-order valence-electron chi connectivity index (χ3n) is 9.37. The minimum atomic E-state index is 0.365. The van der Waals surface area contributed by atoms with Gasteiger partial charge in [-0.2, -0.15) is 0 Å². The van der Waals surface area contributed by atoms with Gasteiger partial charge in [-0.15, -0.1) is 0 Å². The molecule has 188 valence electrons. The molecule has 0 radical (unpaired) electrons. The van der Waals surface area contributed by atoms with Crippen LogP contribution in [0.4, 0.5) is 0 Å². The van der Waals surface area contributed by atoms with E-state index in [4.69, 9.17) is 4.98 Å². The topological polar surface area (TPSA) is 81.4 Å². The Balaban J connectivity index is 1.12. The fraction of sp³-hybridized carbons (Fsp3) is 0.419. The van der Waals surface area contributed by atoms with E-state index >= 15 is 0 Å². The van der Waals surface area contributed by atoms with Crippen molar-refractivity contribution in [3.05, 3.63) is 71.6 Å². The first-order valence-electron chi connectivity index (χ1n) is 14.2. The second kappa shape index (κ2) is 8.67. The van der Waals surface area contributed by atoms with Gasteiger partial charge in [-0.25, -0.2) is 9.97 Å². The zero-order chi connectivity index (χ0) is 24.3. The summed E-state index contributed by atoms with van der Waals surface area (Å²) in [5, 5.41) is 7.11. The number of fused-ring (bicyclic) bond motifs is 3. The van der Waals surface area contributed by atoms with E-state index in [1.807, 2.05) is 6.20 Å². The van der Waals surface area contributed by atoms with Crippen molar-refractivity contribution in [1.82, 2.24) is 30.6 Å². The highest BCUT2D eigenvalue weighted by atomic mass is 15.0. The summed E-state index contributed by atoms with van der Waals surface area (Å²) in [4.78, 5) is 16.8. The molecule has 2 aromatic heterocycles. The number of aromatic nitrogens is 4. The Morgan fingerprint density at radius 2 is 1.51 bits per heavy atom. The Morgan fingerprint density at radius 1 is 0.757 bits per heavy atom. The van der Waals surface area contributed by atoms with Crippen LogP contribution in [0.15, 0.2) is 48.8 Å². The third-order valence-corrected chi connectivity index (χ3v) is 9.37. The van der Waals surface area contributed by atoms with Gasteiger partial charge in [0.05, 0.1) is 29.7 Å². The molecule has 2 aliphatic heterocycles. The van der Waals surface area contributed by atoms with Gasteiger partial charge in [-0.05, 0) is 97.7 Å². The summed E-state index contributed by atoms with van der Waals surface area (Å²) in [6, 6.07) is 14.5. The maximum Gasteiger partial charge on any atom is 0.124 e. The van der Waals surface area contributed by atoms with Gasteiger partial charge in [0.15, 0.2) is 0 Å². The van der Waals surface area contributed by atoms with Crippen molar-refractivity contribution < 1.29 is 0 Å². The van der Waals surface area contributed by atoms with Gasteiger partial charge in [0.2, 0.25) is 0 Å². The molecular weight excluding hydrogens is 456 g/mol. The van der Waals surface area contributed by atoms with E-state index in [1.165, 1.54) is 66.3 Å².